The van der Waals surface area contributed by atoms with Gasteiger partial charge in [-0.25, -0.2) is 10.0 Å². The Bertz CT molecular complexity index is 735. The Hall–Kier alpha value is -1.96. The van der Waals surface area contributed by atoms with Gasteiger partial charge in [-0.15, -0.1) is 0 Å². The van der Waals surface area contributed by atoms with Gasteiger partial charge in [0, 0.05) is 51.7 Å². The lowest BCUT2D eigenvalue weighted by atomic mass is 9.91. The zero-order valence-electron chi connectivity index (χ0n) is 19.2. The molecule has 0 unspecified atom stereocenters. The van der Waals surface area contributed by atoms with Crippen LogP contribution in [0.4, 0.5) is 0 Å². The second-order valence-corrected chi connectivity index (χ2v) is 9.63. The van der Waals surface area contributed by atoms with E-state index >= 15 is 0 Å². The summed E-state index contributed by atoms with van der Waals surface area (Å²) in [5.74, 6) is 0.444. The smallest absolute Gasteiger partial charge is 0.304 e. The van der Waals surface area contributed by atoms with Crippen molar-refractivity contribution in [2.45, 2.75) is 38.5 Å². The Morgan fingerprint density at radius 2 is 1.44 bits per heavy atom. The Kier molecular flexibility index (Phi) is 8.16. The first kappa shape index (κ1) is 23.2. The van der Waals surface area contributed by atoms with Crippen LogP contribution >= 0.6 is 0 Å². The molecule has 32 heavy (non-hydrogen) atoms. The molecule has 0 radical (unpaired) electrons. The summed E-state index contributed by atoms with van der Waals surface area (Å²) in [5, 5.41) is 13.8. The zero-order valence-corrected chi connectivity index (χ0v) is 19.2. The Morgan fingerprint density at radius 3 is 2.06 bits per heavy atom. The van der Waals surface area contributed by atoms with Crippen molar-refractivity contribution in [3.63, 3.8) is 0 Å². The molecular formula is C25H38N4O3. The number of hydrogen-bond donors (Lipinski definition) is 1. The molecule has 1 N–H and O–H groups in total. The molecule has 0 atom stereocenters. The van der Waals surface area contributed by atoms with Gasteiger partial charge in [0.2, 0.25) is 5.91 Å². The molecule has 1 aromatic carbocycles. The summed E-state index contributed by atoms with van der Waals surface area (Å²) >= 11 is 0. The fraction of sp³-hybridized carbons (Fsp3) is 0.680. The monoisotopic (exact) mass is 442 g/mol. The van der Waals surface area contributed by atoms with Crippen LogP contribution in [0.1, 0.15) is 37.7 Å². The predicted octanol–water partition coefficient (Wildman–Crippen LogP) is 2.19. The van der Waals surface area contributed by atoms with Crippen molar-refractivity contribution in [3.05, 3.63) is 35.9 Å². The quantitative estimate of drug-likeness (QED) is 0.698. The lowest BCUT2D eigenvalue weighted by molar-refractivity contribution is -0.144. The minimum absolute atomic E-state index is 0.108. The number of nitrogens with zero attached hydrogens (tertiary/aromatic N) is 4. The average Bonchev–Trinajstić information content (AvgIpc) is 2.84. The fourth-order valence-corrected chi connectivity index (χ4v) is 5.47. The Morgan fingerprint density at radius 1 is 0.812 bits per heavy atom. The minimum atomic E-state index is -0.749. The molecule has 3 saturated heterocycles. The van der Waals surface area contributed by atoms with Crippen LogP contribution in [0.3, 0.4) is 0 Å². The molecule has 3 aliphatic heterocycles. The molecule has 3 fully saturated rings. The number of piperazine rings is 1. The highest BCUT2D eigenvalue weighted by Gasteiger charge is 2.32. The summed E-state index contributed by atoms with van der Waals surface area (Å²) in [6.07, 6.45) is 5.57. The van der Waals surface area contributed by atoms with Gasteiger partial charge < -0.3 is 14.9 Å². The minimum Gasteiger partial charge on any atom is -0.481 e. The number of carboxylic acid groups (broad SMARTS) is 1. The first-order valence-corrected chi connectivity index (χ1v) is 12.3. The van der Waals surface area contributed by atoms with Crippen LogP contribution in [-0.2, 0) is 16.0 Å². The van der Waals surface area contributed by atoms with Gasteiger partial charge >= 0.3 is 5.97 Å². The number of rotatable bonds is 7. The molecule has 0 aliphatic carbocycles. The van der Waals surface area contributed by atoms with E-state index in [4.69, 9.17) is 5.11 Å². The van der Waals surface area contributed by atoms with Crippen molar-refractivity contribution >= 4 is 11.9 Å². The van der Waals surface area contributed by atoms with Crippen LogP contribution in [-0.4, -0.2) is 95.7 Å². The maximum absolute atomic E-state index is 13.0. The van der Waals surface area contributed by atoms with Crippen LogP contribution in [0.5, 0.6) is 0 Å². The summed E-state index contributed by atoms with van der Waals surface area (Å²) in [4.78, 5) is 28.0. The van der Waals surface area contributed by atoms with Crippen molar-refractivity contribution in [2.75, 3.05) is 58.9 Å². The summed E-state index contributed by atoms with van der Waals surface area (Å²) < 4.78 is 0. The number of amides is 1. The van der Waals surface area contributed by atoms with Crippen molar-refractivity contribution < 1.29 is 14.7 Å². The number of hydrazine groups is 1. The number of carboxylic acids is 1. The average molecular weight is 443 g/mol. The molecule has 7 heteroatoms. The van der Waals surface area contributed by atoms with E-state index in [1.165, 1.54) is 24.8 Å². The molecule has 1 amide bonds. The summed E-state index contributed by atoms with van der Waals surface area (Å²) in [5.41, 5.74) is 1.45. The molecule has 176 valence electrons. The van der Waals surface area contributed by atoms with Crippen molar-refractivity contribution in [3.8, 4) is 0 Å². The van der Waals surface area contributed by atoms with Gasteiger partial charge in [-0.05, 0) is 56.7 Å². The van der Waals surface area contributed by atoms with E-state index in [1.54, 1.807) is 0 Å². The molecule has 3 aliphatic rings. The number of carbonyl (C=O) groups excluding carboxylic acids is 1. The highest BCUT2D eigenvalue weighted by atomic mass is 16.4. The van der Waals surface area contributed by atoms with E-state index in [9.17, 15) is 9.59 Å². The number of hydrogen-bond acceptors (Lipinski definition) is 5. The normalized spacial score (nSPS) is 22.8. The zero-order chi connectivity index (χ0) is 22.3. The first-order valence-electron chi connectivity index (χ1n) is 12.3. The highest BCUT2D eigenvalue weighted by molar-refractivity contribution is 5.79. The number of carbonyl (C=O) groups is 2. The standard InChI is InChI=1S/C25H38N4O3/c30-24(31)10-13-26-11-8-23(9-12-26)25(32)27-16-18-29(19-17-27)28-14-6-22(7-15-28)20-21-4-2-1-3-5-21/h1-5,22-23H,6-20H2,(H,30,31). The van der Waals surface area contributed by atoms with E-state index in [0.717, 1.165) is 71.1 Å². The molecule has 0 saturated carbocycles. The third kappa shape index (κ3) is 6.30. The number of benzene rings is 1. The second kappa shape index (κ2) is 11.3. The SMILES string of the molecule is O=C(O)CCN1CCC(C(=O)N2CCN(N3CCC(Cc4ccccc4)CC3)CC2)CC1. The highest BCUT2D eigenvalue weighted by Crippen LogP contribution is 2.24. The molecule has 0 aromatic heterocycles. The Labute approximate surface area is 191 Å². The van der Waals surface area contributed by atoms with E-state index in [0.29, 0.717) is 12.5 Å². The van der Waals surface area contributed by atoms with Crippen LogP contribution in [0.25, 0.3) is 0 Å². The van der Waals surface area contributed by atoms with Crippen LogP contribution in [0.2, 0.25) is 0 Å². The van der Waals surface area contributed by atoms with Gasteiger partial charge in [0.25, 0.3) is 0 Å². The van der Waals surface area contributed by atoms with Crippen LogP contribution in [0, 0.1) is 11.8 Å². The van der Waals surface area contributed by atoms with Gasteiger partial charge in [0.1, 0.15) is 0 Å². The molecule has 7 nitrogen and oxygen atoms in total. The molecular weight excluding hydrogens is 404 g/mol. The maximum Gasteiger partial charge on any atom is 0.304 e. The maximum atomic E-state index is 13.0. The molecule has 0 spiro atoms. The van der Waals surface area contributed by atoms with Gasteiger partial charge in [0.05, 0.1) is 6.42 Å². The second-order valence-electron chi connectivity index (χ2n) is 9.63. The number of piperidine rings is 2. The number of aliphatic carboxylic acids is 1. The summed E-state index contributed by atoms with van der Waals surface area (Å²) in [6, 6.07) is 10.8. The lowest BCUT2D eigenvalue weighted by Crippen LogP contribution is -2.57. The van der Waals surface area contributed by atoms with Gasteiger partial charge in [-0.1, -0.05) is 30.3 Å². The van der Waals surface area contributed by atoms with E-state index in [1.807, 2.05) is 0 Å². The van der Waals surface area contributed by atoms with Crippen molar-refractivity contribution in [1.29, 1.82) is 0 Å². The Balaban J connectivity index is 1.15. The third-order valence-electron chi connectivity index (χ3n) is 7.50. The molecule has 0 bridgehead atoms. The summed E-state index contributed by atoms with van der Waals surface area (Å²) in [7, 11) is 0. The largest absolute Gasteiger partial charge is 0.481 e. The van der Waals surface area contributed by atoms with Crippen LogP contribution < -0.4 is 0 Å². The van der Waals surface area contributed by atoms with E-state index in [-0.39, 0.29) is 12.3 Å². The first-order chi connectivity index (χ1) is 15.6. The van der Waals surface area contributed by atoms with Gasteiger partial charge in [-0.2, -0.15) is 0 Å². The molecule has 4 rings (SSSR count). The summed E-state index contributed by atoms with van der Waals surface area (Å²) in [6.45, 7) is 8.03. The van der Waals surface area contributed by atoms with Crippen molar-refractivity contribution in [2.24, 2.45) is 11.8 Å². The number of likely N-dealkylation sites (tertiary alicyclic amines) is 1. The predicted molar refractivity (Wildman–Crippen MR) is 124 cm³/mol. The molecule has 3 heterocycles. The van der Waals surface area contributed by atoms with Gasteiger partial charge in [0.15, 0.2) is 0 Å². The van der Waals surface area contributed by atoms with Gasteiger partial charge in [-0.3, -0.25) is 9.59 Å². The topological polar surface area (TPSA) is 67.3 Å². The van der Waals surface area contributed by atoms with E-state index < -0.39 is 5.97 Å². The van der Waals surface area contributed by atoms with E-state index in [2.05, 4.69) is 50.1 Å². The lowest BCUT2D eigenvalue weighted by Gasteiger charge is -2.45. The third-order valence-corrected chi connectivity index (χ3v) is 7.50. The molecule has 1 aromatic rings. The fourth-order valence-electron chi connectivity index (χ4n) is 5.47. The van der Waals surface area contributed by atoms with Crippen LogP contribution in [0.15, 0.2) is 30.3 Å². The van der Waals surface area contributed by atoms with Crippen molar-refractivity contribution in [1.82, 2.24) is 19.8 Å².